The van der Waals surface area contributed by atoms with Crippen molar-refractivity contribution in [1.29, 1.82) is 0 Å². The van der Waals surface area contributed by atoms with Crippen molar-refractivity contribution >= 4 is 0 Å². The number of ether oxygens (including phenoxy) is 2. The summed E-state index contributed by atoms with van der Waals surface area (Å²) >= 11 is 0. The molecule has 0 saturated carbocycles. The van der Waals surface area contributed by atoms with Crippen LogP contribution in [0.5, 0.6) is 0 Å². The molecule has 0 unspecified atom stereocenters. The fourth-order valence-electron chi connectivity index (χ4n) is 1.95. The summed E-state index contributed by atoms with van der Waals surface area (Å²) in [6, 6.07) is 10.4. The van der Waals surface area contributed by atoms with Crippen LogP contribution in [0.4, 0.5) is 0 Å². The van der Waals surface area contributed by atoms with Gasteiger partial charge in [0.25, 0.3) is 0 Å². The molecule has 0 aliphatic carbocycles. The lowest BCUT2D eigenvalue weighted by Crippen LogP contribution is -2.42. The van der Waals surface area contributed by atoms with E-state index in [1.807, 2.05) is 6.07 Å². The molecule has 0 aromatic heterocycles. The highest BCUT2D eigenvalue weighted by Gasteiger charge is 2.32. The smallest absolute Gasteiger partial charge is 0.171 e. The van der Waals surface area contributed by atoms with E-state index in [9.17, 15) is 0 Å². The Labute approximate surface area is 91.2 Å². The second-order valence-corrected chi connectivity index (χ2v) is 3.98. The third kappa shape index (κ3) is 2.58. The van der Waals surface area contributed by atoms with Crippen molar-refractivity contribution in [3.63, 3.8) is 0 Å². The monoisotopic (exact) mass is 206 g/mol. The SMILES string of the molecule is CCC1(Cc2ccccc2)OCCCO1. The van der Waals surface area contributed by atoms with E-state index >= 15 is 0 Å². The Morgan fingerprint density at radius 1 is 1.13 bits per heavy atom. The third-order valence-electron chi connectivity index (χ3n) is 2.87. The van der Waals surface area contributed by atoms with E-state index in [1.54, 1.807) is 0 Å². The number of benzene rings is 1. The highest BCUT2D eigenvalue weighted by Crippen LogP contribution is 2.26. The predicted molar refractivity (Wildman–Crippen MR) is 59.7 cm³/mol. The molecular formula is C13H18O2. The van der Waals surface area contributed by atoms with Gasteiger partial charge in [-0.25, -0.2) is 0 Å². The van der Waals surface area contributed by atoms with Crippen LogP contribution < -0.4 is 0 Å². The molecule has 1 aliphatic rings. The van der Waals surface area contributed by atoms with Gasteiger partial charge in [-0.3, -0.25) is 0 Å². The Hall–Kier alpha value is -0.860. The van der Waals surface area contributed by atoms with Crippen LogP contribution in [-0.2, 0) is 15.9 Å². The highest BCUT2D eigenvalue weighted by atomic mass is 16.7. The van der Waals surface area contributed by atoms with Gasteiger partial charge in [-0.15, -0.1) is 0 Å². The topological polar surface area (TPSA) is 18.5 Å². The Bertz CT molecular complexity index is 289. The molecule has 1 saturated heterocycles. The van der Waals surface area contributed by atoms with Crippen molar-refractivity contribution in [1.82, 2.24) is 0 Å². The third-order valence-corrected chi connectivity index (χ3v) is 2.87. The van der Waals surface area contributed by atoms with Crippen LogP contribution in [0.1, 0.15) is 25.3 Å². The van der Waals surface area contributed by atoms with Crippen LogP contribution >= 0.6 is 0 Å². The Morgan fingerprint density at radius 2 is 1.80 bits per heavy atom. The second-order valence-electron chi connectivity index (χ2n) is 3.98. The van der Waals surface area contributed by atoms with E-state index in [-0.39, 0.29) is 5.79 Å². The van der Waals surface area contributed by atoms with E-state index in [4.69, 9.17) is 9.47 Å². The molecule has 0 amide bonds. The van der Waals surface area contributed by atoms with E-state index in [1.165, 1.54) is 5.56 Å². The van der Waals surface area contributed by atoms with Gasteiger partial charge in [0.1, 0.15) is 0 Å². The van der Waals surface area contributed by atoms with Crippen molar-refractivity contribution in [2.24, 2.45) is 0 Å². The molecule has 0 radical (unpaired) electrons. The van der Waals surface area contributed by atoms with Gasteiger partial charge in [0.15, 0.2) is 5.79 Å². The fraction of sp³-hybridized carbons (Fsp3) is 0.538. The zero-order chi connectivity index (χ0) is 10.6. The summed E-state index contributed by atoms with van der Waals surface area (Å²) < 4.78 is 11.6. The minimum absolute atomic E-state index is 0.375. The number of hydrogen-bond donors (Lipinski definition) is 0. The summed E-state index contributed by atoms with van der Waals surface area (Å²) in [5.74, 6) is -0.375. The molecule has 0 atom stereocenters. The average Bonchev–Trinajstić information content (AvgIpc) is 2.32. The van der Waals surface area contributed by atoms with Gasteiger partial charge in [0.05, 0.1) is 13.2 Å². The molecule has 0 bridgehead atoms. The van der Waals surface area contributed by atoms with Gasteiger partial charge in [-0.05, 0) is 18.4 Å². The second kappa shape index (κ2) is 4.77. The van der Waals surface area contributed by atoms with Gasteiger partial charge in [0.2, 0.25) is 0 Å². The lowest BCUT2D eigenvalue weighted by atomic mass is 10.0. The molecule has 82 valence electrons. The zero-order valence-corrected chi connectivity index (χ0v) is 9.24. The minimum atomic E-state index is -0.375. The molecule has 2 rings (SSSR count). The lowest BCUT2D eigenvalue weighted by Gasteiger charge is -2.36. The van der Waals surface area contributed by atoms with E-state index in [0.29, 0.717) is 0 Å². The first-order chi connectivity index (χ1) is 7.35. The van der Waals surface area contributed by atoms with Crippen LogP contribution in [0.25, 0.3) is 0 Å². The normalized spacial score (nSPS) is 20.1. The van der Waals surface area contributed by atoms with Crippen molar-refractivity contribution in [3.05, 3.63) is 35.9 Å². The van der Waals surface area contributed by atoms with Crippen molar-refractivity contribution in [2.75, 3.05) is 13.2 Å². The van der Waals surface area contributed by atoms with Gasteiger partial charge in [-0.2, -0.15) is 0 Å². The van der Waals surface area contributed by atoms with E-state index in [0.717, 1.165) is 32.5 Å². The van der Waals surface area contributed by atoms with Crippen LogP contribution in [0.15, 0.2) is 30.3 Å². The maximum absolute atomic E-state index is 5.80. The van der Waals surface area contributed by atoms with Crippen LogP contribution in [0.2, 0.25) is 0 Å². The molecule has 15 heavy (non-hydrogen) atoms. The fourth-order valence-corrected chi connectivity index (χ4v) is 1.95. The van der Waals surface area contributed by atoms with E-state index in [2.05, 4.69) is 31.2 Å². The standard InChI is InChI=1S/C13H18O2/c1-2-13(14-9-6-10-15-13)11-12-7-4-3-5-8-12/h3-5,7-8H,2,6,9-11H2,1H3. The summed E-state index contributed by atoms with van der Waals surface area (Å²) in [6.07, 6.45) is 2.77. The van der Waals surface area contributed by atoms with Gasteiger partial charge < -0.3 is 9.47 Å². The van der Waals surface area contributed by atoms with E-state index < -0.39 is 0 Å². The number of rotatable bonds is 3. The predicted octanol–water partition coefficient (Wildman–Crippen LogP) is 2.77. The Kier molecular flexibility index (Phi) is 3.39. The quantitative estimate of drug-likeness (QED) is 0.757. The molecule has 2 nitrogen and oxygen atoms in total. The summed E-state index contributed by atoms with van der Waals surface area (Å²) in [5, 5.41) is 0. The van der Waals surface area contributed by atoms with Gasteiger partial charge in [0, 0.05) is 6.42 Å². The van der Waals surface area contributed by atoms with Crippen LogP contribution in [0.3, 0.4) is 0 Å². The van der Waals surface area contributed by atoms with Gasteiger partial charge in [-0.1, -0.05) is 37.3 Å². The first-order valence-corrected chi connectivity index (χ1v) is 5.66. The lowest BCUT2D eigenvalue weighted by molar-refractivity contribution is -0.267. The molecule has 1 aliphatic heterocycles. The van der Waals surface area contributed by atoms with Crippen molar-refractivity contribution < 1.29 is 9.47 Å². The maximum Gasteiger partial charge on any atom is 0.171 e. The molecule has 0 N–H and O–H groups in total. The molecular weight excluding hydrogens is 188 g/mol. The first kappa shape index (κ1) is 10.7. The maximum atomic E-state index is 5.80. The Morgan fingerprint density at radius 3 is 2.40 bits per heavy atom. The van der Waals surface area contributed by atoms with Gasteiger partial charge >= 0.3 is 0 Å². The summed E-state index contributed by atoms with van der Waals surface area (Å²) in [7, 11) is 0. The molecule has 1 aromatic rings. The summed E-state index contributed by atoms with van der Waals surface area (Å²) in [4.78, 5) is 0. The molecule has 1 aromatic carbocycles. The summed E-state index contributed by atoms with van der Waals surface area (Å²) in [5.41, 5.74) is 1.28. The number of hydrogen-bond acceptors (Lipinski definition) is 2. The summed E-state index contributed by atoms with van der Waals surface area (Å²) in [6.45, 7) is 3.76. The van der Waals surface area contributed by atoms with Crippen LogP contribution in [-0.4, -0.2) is 19.0 Å². The largest absolute Gasteiger partial charge is 0.349 e. The van der Waals surface area contributed by atoms with Crippen LogP contribution in [0, 0.1) is 0 Å². The first-order valence-electron chi connectivity index (χ1n) is 5.66. The zero-order valence-electron chi connectivity index (χ0n) is 9.24. The molecule has 0 spiro atoms. The molecule has 1 heterocycles. The average molecular weight is 206 g/mol. The van der Waals surface area contributed by atoms with Crippen molar-refractivity contribution in [2.45, 2.75) is 32.0 Å². The molecule has 1 fully saturated rings. The Balaban J connectivity index is 2.07. The minimum Gasteiger partial charge on any atom is -0.349 e. The highest BCUT2D eigenvalue weighted by molar-refractivity contribution is 5.16. The molecule has 2 heteroatoms. The van der Waals surface area contributed by atoms with Crippen molar-refractivity contribution in [3.8, 4) is 0 Å².